The molecule has 0 bridgehead atoms. The molecule has 0 radical (unpaired) electrons. The minimum atomic E-state index is -0.277. The Balaban J connectivity index is 2.65. The number of thioether (sulfide) groups is 1. The molecule has 94 valence electrons. The van der Waals surface area contributed by atoms with Gasteiger partial charge < -0.3 is 4.74 Å². The van der Waals surface area contributed by atoms with Crippen LogP contribution in [-0.2, 0) is 9.53 Å². The van der Waals surface area contributed by atoms with Crippen LogP contribution in [0.2, 0.25) is 0 Å². The van der Waals surface area contributed by atoms with Crippen molar-refractivity contribution >= 4 is 17.7 Å². The molecular formula is C10H21N3O2S. The van der Waals surface area contributed by atoms with Crippen LogP contribution in [0, 0.1) is 0 Å². The molecule has 0 aromatic heterocycles. The van der Waals surface area contributed by atoms with Gasteiger partial charge in [-0.1, -0.05) is 13.8 Å². The number of nitrogens with two attached hydrogens (primary N) is 1. The topological polar surface area (TPSA) is 67.6 Å². The Morgan fingerprint density at radius 1 is 1.56 bits per heavy atom. The minimum Gasteiger partial charge on any atom is -0.383 e. The van der Waals surface area contributed by atoms with Gasteiger partial charge in [0, 0.05) is 30.7 Å². The van der Waals surface area contributed by atoms with Gasteiger partial charge in [-0.2, -0.15) is 11.8 Å². The van der Waals surface area contributed by atoms with Crippen LogP contribution in [0.4, 0.5) is 0 Å². The van der Waals surface area contributed by atoms with Gasteiger partial charge in [0.15, 0.2) is 0 Å². The predicted molar refractivity (Wildman–Crippen MR) is 66.1 cm³/mol. The molecule has 1 saturated heterocycles. The smallest absolute Gasteiger partial charge is 0.253 e. The lowest BCUT2D eigenvalue weighted by atomic mass is 10.2. The average Bonchev–Trinajstić information content (AvgIpc) is 2.23. The Bertz CT molecular complexity index is 230. The number of hydrogen-bond donors (Lipinski definition) is 2. The maximum Gasteiger partial charge on any atom is 0.253 e. The Morgan fingerprint density at radius 2 is 2.12 bits per heavy atom. The molecule has 5 nitrogen and oxygen atoms in total. The van der Waals surface area contributed by atoms with Crippen LogP contribution in [0.3, 0.4) is 0 Å². The van der Waals surface area contributed by atoms with Crippen LogP contribution >= 0.6 is 11.8 Å². The van der Waals surface area contributed by atoms with E-state index in [1.807, 2.05) is 11.8 Å². The average molecular weight is 247 g/mol. The summed E-state index contributed by atoms with van der Waals surface area (Å²) in [5.41, 5.74) is 2.21. The highest BCUT2D eigenvalue weighted by Gasteiger charge is 2.31. The van der Waals surface area contributed by atoms with Crippen LogP contribution in [0.1, 0.15) is 13.8 Å². The third-order valence-electron chi connectivity index (χ3n) is 2.66. The fourth-order valence-electron chi connectivity index (χ4n) is 2.07. The molecule has 3 atom stereocenters. The van der Waals surface area contributed by atoms with E-state index in [0.717, 1.165) is 13.1 Å². The van der Waals surface area contributed by atoms with Crippen LogP contribution in [0.25, 0.3) is 0 Å². The summed E-state index contributed by atoms with van der Waals surface area (Å²) >= 11 is 1.95. The van der Waals surface area contributed by atoms with E-state index in [-0.39, 0.29) is 11.9 Å². The second-order valence-electron chi connectivity index (χ2n) is 4.19. The zero-order valence-corrected chi connectivity index (χ0v) is 10.9. The van der Waals surface area contributed by atoms with Crippen molar-refractivity contribution in [3.8, 4) is 0 Å². The highest BCUT2D eigenvalue weighted by Crippen LogP contribution is 2.25. The molecule has 3 unspecified atom stereocenters. The van der Waals surface area contributed by atoms with E-state index in [2.05, 4.69) is 24.2 Å². The minimum absolute atomic E-state index is 0.173. The standard InChI is InChI=1S/C10H21N3O2S/c1-7-4-13(5-8(2)16-7)9(6-15-3)10(14)12-11/h7-9H,4-6,11H2,1-3H3,(H,12,14). The number of hydrogen-bond acceptors (Lipinski definition) is 5. The summed E-state index contributed by atoms with van der Waals surface area (Å²) in [5.74, 6) is 5.02. The monoisotopic (exact) mass is 247 g/mol. The normalized spacial score (nSPS) is 28.8. The molecule has 0 aromatic carbocycles. The molecule has 1 rings (SSSR count). The van der Waals surface area contributed by atoms with E-state index in [1.54, 1.807) is 7.11 Å². The molecule has 3 N–H and O–H groups in total. The molecule has 1 amide bonds. The molecule has 0 aliphatic carbocycles. The Hall–Kier alpha value is -0.300. The van der Waals surface area contributed by atoms with Gasteiger partial charge in [0.25, 0.3) is 5.91 Å². The Labute approximate surface area is 101 Å². The summed E-state index contributed by atoms with van der Waals surface area (Å²) in [5, 5.41) is 1.07. The van der Waals surface area contributed by atoms with E-state index in [1.165, 1.54) is 0 Å². The van der Waals surface area contributed by atoms with E-state index in [4.69, 9.17) is 10.6 Å². The number of nitrogens with one attached hydrogen (secondary N) is 1. The first kappa shape index (κ1) is 13.8. The Morgan fingerprint density at radius 3 is 2.56 bits per heavy atom. The second kappa shape index (κ2) is 6.44. The summed E-state index contributed by atoms with van der Waals surface area (Å²) in [6.07, 6.45) is 0. The molecule has 1 heterocycles. The summed E-state index contributed by atoms with van der Waals surface area (Å²) in [7, 11) is 1.60. The van der Waals surface area contributed by atoms with E-state index in [9.17, 15) is 4.79 Å². The van der Waals surface area contributed by atoms with Gasteiger partial charge in [0.05, 0.1) is 6.61 Å². The third-order valence-corrected chi connectivity index (χ3v) is 3.89. The van der Waals surface area contributed by atoms with Crippen molar-refractivity contribution in [2.75, 3.05) is 26.8 Å². The molecule has 0 spiro atoms. The highest BCUT2D eigenvalue weighted by atomic mass is 32.2. The number of amides is 1. The molecule has 0 saturated carbocycles. The molecule has 6 heteroatoms. The Kier molecular flexibility index (Phi) is 5.54. The number of hydrazine groups is 1. The van der Waals surface area contributed by atoms with Crippen LogP contribution in [0.5, 0.6) is 0 Å². The van der Waals surface area contributed by atoms with Gasteiger partial charge in [0.2, 0.25) is 0 Å². The van der Waals surface area contributed by atoms with Gasteiger partial charge >= 0.3 is 0 Å². The molecule has 0 aromatic rings. The van der Waals surface area contributed by atoms with Crippen molar-refractivity contribution in [1.29, 1.82) is 0 Å². The number of ether oxygens (including phenoxy) is 1. The van der Waals surface area contributed by atoms with Crippen LogP contribution in [0.15, 0.2) is 0 Å². The molecule has 1 aliphatic heterocycles. The maximum absolute atomic E-state index is 11.6. The number of methoxy groups -OCH3 is 1. The van der Waals surface area contributed by atoms with E-state index < -0.39 is 0 Å². The number of nitrogens with zero attached hydrogens (tertiary/aromatic N) is 1. The summed E-state index contributed by atoms with van der Waals surface area (Å²) < 4.78 is 5.09. The van der Waals surface area contributed by atoms with E-state index in [0.29, 0.717) is 17.1 Å². The van der Waals surface area contributed by atoms with Crippen LogP contribution in [-0.4, -0.2) is 54.2 Å². The third kappa shape index (κ3) is 3.62. The van der Waals surface area contributed by atoms with Crippen molar-refractivity contribution in [3.63, 3.8) is 0 Å². The SMILES string of the molecule is COCC(C(=O)NN)N1CC(C)SC(C)C1. The largest absolute Gasteiger partial charge is 0.383 e. The lowest BCUT2D eigenvalue weighted by molar-refractivity contribution is -0.128. The van der Waals surface area contributed by atoms with Gasteiger partial charge in [-0.25, -0.2) is 5.84 Å². The zero-order valence-electron chi connectivity index (χ0n) is 10.1. The lowest BCUT2D eigenvalue weighted by Gasteiger charge is -2.38. The van der Waals surface area contributed by atoms with Crippen molar-refractivity contribution < 1.29 is 9.53 Å². The molecule has 16 heavy (non-hydrogen) atoms. The van der Waals surface area contributed by atoms with Gasteiger partial charge in [-0.3, -0.25) is 15.1 Å². The van der Waals surface area contributed by atoms with Gasteiger partial charge in [0.1, 0.15) is 6.04 Å². The first-order valence-corrected chi connectivity index (χ1v) is 6.41. The number of rotatable bonds is 4. The van der Waals surface area contributed by atoms with E-state index >= 15 is 0 Å². The first-order chi connectivity index (χ1) is 7.58. The highest BCUT2D eigenvalue weighted by molar-refractivity contribution is 8.00. The van der Waals surface area contributed by atoms with Crippen molar-refractivity contribution in [2.24, 2.45) is 5.84 Å². The summed E-state index contributed by atoms with van der Waals surface area (Å²) in [6.45, 7) is 6.54. The van der Waals surface area contributed by atoms with Crippen LogP contribution < -0.4 is 11.3 Å². The molecule has 1 fully saturated rings. The van der Waals surface area contributed by atoms with Crippen molar-refractivity contribution in [2.45, 2.75) is 30.4 Å². The van der Waals surface area contributed by atoms with Gasteiger partial charge in [-0.05, 0) is 0 Å². The molecular weight excluding hydrogens is 226 g/mol. The van der Waals surface area contributed by atoms with Gasteiger partial charge in [-0.15, -0.1) is 0 Å². The zero-order chi connectivity index (χ0) is 12.1. The van der Waals surface area contributed by atoms with Crippen molar-refractivity contribution in [3.05, 3.63) is 0 Å². The fraction of sp³-hybridized carbons (Fsp3) is 0.900. The predicted octanol–water partition coefficient (Wildman–Crippen LogP) is -0.183. The summed E-state index contributed by atoms with van der Waals surface area (Å²) in [6, 6.07) is -0.277. The first-order valence-electron chi connectivity index (χ1n) is 5.47. The second-order valence-corrected chi connectivity index (χ2v) is 6.07. The number of carbonyl (C=O) groups is 1. The molecule has 1 aliphatic rings. The van der Waals surface area contributed by atoms with Crippen molar-refractivity contribution in [1.82, 2.24) is 10.3 Å². The summed E-state index contributed by atoms with van der Waals surface area (Å²) in [4.78, 5) is 13.8. The fourth-order valence-corrected chi connectivity index (χ4v) is 3.42. The number of carbonyl (C=O) groups excluding carboxylic acids is 1. The lowest BCUT2D eigenvalue weighted by Crippen LogP contribution is -2.55. The quantitative estimate of drug-likeness (QED) is 0.410. The maximum atomic E-state index is 11.6.